The lowest BCUT2D eigenvalue weighted by molar-refractivity contribution is 0.186. The first kappa shape index (κ1) is 12.9. The first-order valence-corrected chi connectivity index (χ1v) is 6.17. The topological polar surface area (TPSA) is 57.0 Å². The first-order valence-electron chi connectivity index (χ1n) is 5.38. The van der Waals surface area contributed by atoms with Gasteiger partial charge in [0, 0.05) is 25.1 Å². The number of ether oxygens (including phenoxy) is 1. The molecule has 0 spiro atoms. The van der Waals surface area contributed by atoms with Gasteiger partial charge >= 0.3 is 0 Å². The van der Waals surface area contributed by atoms with Gasteiger partial charge in [0.2, 0.25) is 0 Å². The fourth-order valence-electron chi connectivity index (χ4n) is 1.52. The Labute approximate surface area is 113 Å². The summed E-state index contributed by atoms with van der Waals surface area (Å²) in [6.45, 7) is 0.959. The minimum atomic E-state index is -0.117. The number of pyridine rings is 1. The molecule has 0 aliphatic carbocycles. The van der Waals surface area contributed by atoms with Crippen molar-refractivity contribution in [1.29, 1.82) is 0 Å². The van der Waals surface area contributed by atoms with E-state index in [-0.39, 0.29) is 5.56 Å². The average Bonchev–Trinajstić information content (AvgIpc) is 2.41. The van der Waals surface area contributed by atoms with E-state index in [1.165, 1.54) is 10.9 Å². The Morgan fingerprint density at radius 3 is 2.78 bits per heavy atom. The van der Waals surface area contributed by atoms with E-state index in [2.05, 4.69) is 25.9 Å². The summed E-state index contributed by atoms with van der Waals surface area (Å²) in [5, 5.41) is 0. The summed E-state index contributed by atoms with van der Waals surface area (Å²) in [6.07, 6.45) is 4.86. The van der Waals surface area contributed by atoms with Crippen molar-refractivity contribution in [3.8, 4) is 11.3 Å². The quantitative estimate of drug-likeness (QED) is 0.863. The summed E-state index contributed by atoms with van der Waals surface area (Å²) in [6, 6.07) is 3.62. The normalized spacial score (nSPS) is 10.6. The largest absolute Gasteiger partial charge is 0.383 e. The number of nitrogens with zero attached hydrogens (tertiary/aromatic N) is 3. The Kier molecular flexibility index (Phi) is 4.22. The molecular formula is C12H12BrN3O2. The van der Waals surface area contributed by atoms with Crippen molar-refractivity contribution in [2.24, 2.45) is 0 Å². The summed E-state index contributed by atoms with van der Waals surface area (Å²) < 4.78 is 6.91. The smallest absolute Gasteiger partial charge is 0.268 e. The van der Waals surface area contributed by atoms with Gasteiger partial charge in [0.05, 0.1) is 25.2 Å². The predicted molar refractivity (Wildman–Crippen MR) is 71.3 cm³/mol. The molecule has 0 radical (unpaired) electrons. The van der Waals surface area contributed by atoms with Crippen LogP contribution in [0, 0.1) is 0 Å². The molecule has 2 rings (SSSR count). The molecule has 5 nitrogen and oxygen atoms in total. The highest BCUT2D eigenvalue weighted by Gasteiger charge is 2.10. The maximum absolute atomic E-state index is 12.1. The minimum absolute atomic E-state index is 0.117. The molecule has 0 N–H and O–H groups in total. The summed E-state index contributed by atoms with van der Waals surface area (Å²) in [5.41, 5.74) is 1.36. The van der Waals surface area contributed by atoms with Gasteiger partial charge in [0.1, 0.15) is 4.47 Å². The van der Waals surface area contributed by atoms with Gasteiger partial charge in [-0.25, -0.2) is 4.98 Å². The van der Waals surface area contributed by atoms with Crippen molar-refractivity contribution in [2.75, 3.05) is 13.7 Å². The molecule has 0 atom stereocenters. The molecule has 0 amide bonds. The zero-order valence-corrected chi connectivity index (χ0v) is 11.4. The maximum Gasteiger partial charge on any atom is 0.268 e. The van der Waals surface area contributed by atoms with Crippen LogP contribution in [0.4, 0.5) is 0 Å². The molecule has 94 valence electrons. The van der Waals surface area contributed by atoms with Crippen molar-refractivity contribution in [3.63, 3.8) is 0 Å². The zero-order valence-electron chi connectivity index (χ0n) is 9.84. The highest BCUT2D eigenvalue weighted by molar-refractivity contribution is 9.10. The van der Waals surface area contributed by atoms with Crippen LogP contribution in [-0.4, -0.2) is 28.3 Å². The van der Waals surface area contributed by atoms with Gasteiger partial charge < -0.3 is 4.74 Å². The lowest BCUT2D eigenvalue weighted by Crippen LogP contribution is -2.23. The molecule has 0 fully saturated rings. The van der Waals surface area contributed by atoms with E-state index in [0.29, 0.717) is 23.3 Å². The van der Waals surface area contributed by atoms with Crippen LogP contribution in [0.3, 0.4) is 0 Å². The van der Waals surface area contributed by atoms with E-state index in [9.17, 15) is 4.79 Å². The van der Waals surface area contributed by atoms with Gasteiger partial charge in [-0.1, -0.05) is 0 Å². The van der Waals surface area contributed by atoms with Crippen molar-refractivity contribution >= 4 is 15.9 Å². The Bertz CT molecular complexity index is 584. The van der Waals surface area contributed by atoms with Crippen LogP contribution in [0.25, 0.3) is 11.3 Å². The van der Waals surface area contributed by atoms with Gasteiger partial charge in [-0.15, -0.1) is 0 Å². The zero-order chi connectivity index (χ0) is 13.0. The van der Waals surface area contributed by atoms with Gasteiger partial charge in [0.25, 0.3) is 5.56 Å². The Balaban J connectivity index is 2.41. The van der Waals surface area contributed by atoms with E-state index in [0.717, 1.165) is 5.56 Å². The number of hydrogen-bond acceptors (Lipinski definition) is 4. The average molecular weight is 310 g/mol. The maximum atomic E-state index is 12.1. The van der Waals surface area contributed by atoms with Crippen LogP contribution in [0.2, 0.25) is 0 Å². The van der Waals surface area contributed by atoms with Gasteiger partial charge in [-0.2, -0.15) is 0 Å². The Morgan fingerprint density at radius 1 is 1.39 bits per heavy atom. The summed E-state index contributed by atoms with van der Waals surface area (Å²) >= 11 is 3.30. The fraction of sp³-hybridized carbons (Fsp3) is 0.250. The second kappa shape index (κ2) is 5.88. The molecule has 18 heavy (non-hydrogen) atoms. The standard InChI is InChI=1S/C12H12BrN3O2/c1-18-7-6-16-8-15-11(10(13)12(16)17)9-2-4-14-5-3-9/h2-5,8H,6-7H2,1H3. The van der Waals surface area contributed by atoms with Crippen LogP contribution in [0.5, 0.6) is 0 Å². The molecule has 0 aliphatic rings. The highest BCUT2D eigenvalue weighted by atomic mass is 79.9. The van der Waals surface area contributed by atoms with E-state index in [1.54, 1.807) is 19.5 Å². The van der Waals surface area contributed by atoms with Crippen molar-refractivity contribution in [2.45, 2.75) is 6.54 Å². The van der Waals surface area contributed by atoms with Crippen LogP contribution in [-0.2, 0) is 11.3 Å². The van der Waals surface area contributed by atoms with E-state index < -0.39 is 0 Å². The van der Waals surface area contributed by atoms with E-state index in [4.69, 9.17) is 4.74 Å². The third-order valence-electron chi connectivity index (χ3n) is 2.47. The number of hydrogen-bond donors (Lipinski definition) is 0. The molecular weight excluding hydrogens is 298 g/mol. The van der Waals surface area contributed by atoms with Crippen molar-refractivity contribution in [3.05, 3.63) is 45.7 Å². The highest BCUT2D eigenvalue weighted by Crippen LogP contribution is 2.21. The molecule has 2 aromatic rings. The van der Waals surface area contributed by atoms with Crippen LogP contribution < -0.4 is 5.56 Å². The SMILES string of the molecule is COCCn1cnc(-c2ccncc2)c(Br)c1=O. The molecule has 0 saturated carbocycles. The van der Waals surface area contributed by atoms with Crippen molar-refractivity contribution in [1.82, 2.24) is 14.5 Å². The number of methoxy groups -OCH3 is 1. The Morgan fingerprint density at radius 2 is 2.11 bits per heavy atom. The third kappa shape index (κ3) is 2.65. The molecule has 0 bridgehead atoms. The second-order valence-corrected chi connectivity index (χ2v) is 4.43. The Hall–Kier alpha value is -1.53. The van der Waals surface area contributed by atoms with E-state index >= 15 is 0 Å². The van der Waals surface area contributed by atoms with Crippen LogP contribution >= 0.6 is 15.9 Å². The first-order chi connectivity index (χ1) is 8.74. The molecule has 0 aliphatic heterocycles. The summed E-state index contributed by atoms with van der Waals surface area (Å²) in [4.78, 5) is 20.3. The molecule has 0 aromatic carbocycles. The monoisotopic (exact) mass is 309 g/mol. The third-order valence-corrected chi connectivity index (χ3v) is 3.19. The molecule has 0 unspecified atom stereocenters. The number of halogens is 1. The minimum Gasteiger partial charge on any atom is -0.383 e. The molecule has 6 heteroatoms. The lowest BCUT2D eigenvalue weighted by atomic mass is 10.2. The van der Waals surface area contributed by atoms with Crippen molar-refractivity contribution < 1.29 is 4.74 Å². The molecule has 0 saturated heterocycles. The van der Waals surface area contributed by atoms with Gasteiger partial charge in [0.15, 0.2) is 0 Å². The fourth-order valence-corrected chi connectivity index (χ4v) is 2.08. The lowest BCUT2D eigenvalue weighted by Gasteiger charge is -2.08. The summed E-state index contributed by atoms with van der Waals surface area (Å²) in [7, 11) is 1.60. The predicted octanol–water partition coefficient (Wildman–Crippen LogP) is 1.71. The van der Waals surface area contributed by atoms with Gasteiger partial charge in [-0.3, -0.25) is 14.3 Å². The second-order valence-electron chi connectivity index (χ2n) is 3.63. The molecule has 2 heterocycles. The van der Waals surface area contributed by atoms with Crippen LogP contribution in [0.1, 0.15) is 0 Å². The number of aromatic nitrogens is 3. The van der Waals surface area contributed by atoms with Gasteiger partial charge in [-0.05, 0) is 28.1 Å². The molecule has 2 aromatic heterocycles. The summed E-state index contributed by atoms with van der Waals surface area (Å²) in [5.74, 6) is 0. The number of rotatable bonds is 4. The van der Waals surface area contributed by atoms with E-state index in [1.807, 2.05) is 12.1 Å². The van der Waals surface area contributed by atoms with Crippen LogP contribution in [0.15, 0.2) is 40.1 Å².